The van der Waals surface area contributed by atoms with E-state index in [-0.39, 0.29) is 31.4 Å². The summed E-state index contributed by atoms with van der Waals surface area (Å²) in [5.41, 5.74) is 1.30. The van der Waals surface area contributed by atoms with Crippen LogP contribution in [0, 0.1) is 5.92 Å². The predicted molar refractivity (Wildman–Crippen MR) is 161 cm³/mol. The highest BCUT2D eigenvalue weighted by Gasteiger charge is 2.66. The minimum Gasteiger partial charge on any atom is -0.497 e. The van der Waals surface area contributed by atoms with Gasteiger partial charge in [0, 0.05) is 34.9 Å². The minimum atomic E-state index is -3.29. The van der Waals surface area contributed by atoms with Gasteiger partial charge < -0.3 is 33.6 Å². The van der Waals surface area contributed by atoms with Crippen molar-refractivity contribution in [3.05, 3.63) is 83.4 Å². The fourth-order valence-corrected chi connectivity index (χ4v) is 9.13. The first-order valence-corrected chi connectivity index (χ1v) is 17.0. The number of carbonyl (C=O) groups is 2. The SMILES string of the molecule is COc1ccc(C(=O)Nc2cccc(CN3C(=O)[C@]4(O[C@H](CCO)[C@@H]([Si](C)(C)F)[C@@H]4C)c4cc(OC)ccc43)c2)cc1. The molecule has 4 atom stereocenters. The van der Waals surface area contributed by atoms with Gasteiger partial charge in [-0.05, 0) is 79.7 Å². The lowest BCUT2D eigenvalue weighted by Crippen LogP contribution is -2.45. The average Bonchev–Trinajstić information content (AvgIpc) is 3.39. The van der Waals surface area contributed by atoms with Gasteiger partial charge in [0.1, 0.15) is 11.5 Å². The molecule has 42 heavy (non-hydrogen) atoms. The summed E-state index contributed by atoms with van der Waals surface area (Å²) >= 11 is 0. The Morgan fingerprint density at radius 1 is 1.07 bits per heavy atom. The molecule has 1 fully saturated rings. The van der Waals surface area contributed by atoms with Crippen LogP contribution in [-0.4, -0.2) is 52.3 Å². The third-order valence-electron chi connectivity index (χ3n) is 8.46. The molecule has 2 aliphatic rings. The molecule has 0 aliphatic carbocycles. The third kappa shape index (κ3) is 5.19. The molecule has 1 spiro atoms. The monoisotopic (exact) mass is 592 g/mol. The summed E-state index contributed by atoms with van der Waals surface area (Å²) in [6, 6.07) is 19.6. The summed E-state index contributed by atoms with van der Waals surface area (Å²) < 4.78 is 33.0. The summed E-state index contributed by atoms with van der Waals surface area (Å²) in [6.07, 6.45) is -0.337. The van der Waals surface area contributed by atoms with Crippen molar-refractivity contribution in [1.29, 1.82) is 0 Å². The summed E-state index contributed by atoms with van der Waals surface area (Å²) in [4.78, 5) is 29.0. The van der Waals surface area contributed by atoms with E-state index < -0.39 is 31.6 Å². The zero-order valence-corrected chi connectivity index (χ0v) is 25.5. The van der Waals surface area contributed by atoms with Crippen molar-refractivity contribution in [1.82, 2.24) is 0 Å². The maximum absolute atomic E-state index is 15.7. The van der Waals surface area contributed by atoms with Crippen molar-refractivity contribution in [2.75, 3.05) is 31.0 Å². The number of hydrogen-bond donors (Lipinski definition) is 2. The summed E-state index contributed by atoms with van der Waals surface area (Å²) in [7, 11) is -0.167. The fraction of sp³-hybridized carbons (Fsp3) is 0.375. The van der Waals surface area contributed by atoms with Crippen LogP contribution < -0.4 is 19.7 Å². The van der Waals surface area contributed by atoms with E-state index in [4.69, 9.17) is 14.2 Å². The van der Waals surface area contributed by atoms with Gasteiger partial charge in [0.15, 0.2) is 5.60 Å². The van der Waals surface area contributed by atoms with E-state index in [0.717, 1.165) is 5.56 Å². The lowest BCUT2D eigenvalue weighted by molar-refractivity contribution is -0.146. The smallest absolute Gasteiger partial charge is 0.264 e. The van der Waals surface area contributed by atoms with E-state index in [1.54, 1.807) is 74.7 Å². The molecule has 3 aromatic rings. The molecule has 0 radical (unpaired) electrons. The van der Waals surface area contributed by atoms with E-state index in [1.165, 1.54) is 0 Å². The van der Waals surface area contributed by atoms with Crippen LogP contribution in [-0.2, 0) is 21.7 Å². The molecule has 5 rings (SSSR count). The van der Waals surface area contributed by atoms with E-state index in [2.05, 4.69) is 5.32 Å². The molecule has 8 nitrogen and oxygen atoms in total. The number of anilines is 2. The Bertz CT molecular complexity index is 1480. The second-order valence-electron chi connectivity index (χ2n) is 11.4. The van der Waals surface area contributed by atoms with E-state index >= 15 is 4.11 Å². The molecule has 0 saturated carbocycles. The molecule has 0 bridgehead atoms. The number of ether oxygens (including phenoxy) is 3. The third-order valence-corrected chi connectivity index (χ3v) is 10.9. The Hall–Kier alpha value is -3.73. The number of hydrogen-bond acceptors (Lipinski definition) is 6. The number of aliphatic hydroxyl groups excluding tert-OH is 1. The Labute approximate surface area is 246 Å². The highest BCUT2D eigenvalue weighted by Crippen LogP contribution is 2.60. The molecular weight excluding hydrogens is 555 g/mol. The van der Waals surface area contributed by atoms with Crippen LogP contribution >= 0.6 is 0 Å². The zero-order valence-electron chi connectivity index (χ0n) is 24.5. The van der Waals surface area contributed by atoms with Crippen LogP contribution in [0.2, 0.25) is 18.6 Å². The summed E-state index contributed by atoms with van der Waals surface area (Å²) in [5, 5.41) is 12.7. The molecule has 2 aliphatic heterocycles. The van der Waals surface area contributed by atoms with Crippen LogP contribution in [0.25, 0.3) is 0 Å². The number of rotatable bonds is 9. The Morgan fingerprint density at radius 2 is 1.76 bits per heavy atom. The number of fused-ring (bicyclic) bond motifs is 2. The standard InChI is InChI=1S/C32H37FN2O6Si/c1-20-29(42(4,5)33)28(15-16-36)41-32(20)26-18-25(40-3)13-14-27(26)35(31(32)38)19-21-7-6-8-23(17-21)34-30(37)22-9-11-24(39-2)12-10-22/h6-14,17-18,20,28-29,36H,15-16,19H2,1-5H3,(H,34,37)/t20-,28+,29-,32+/m0/s1. The largest absolute Gasteiger partial charge is 0.497 e. The number of benzene rings is 3. The molecule has 3 aromatic carbocycles. The molecule has 2 heterocycles. The first-order chi connectivity index (χ1) is 20.0. The summed E-state index contributed by atoms with van der Waals surface area (Å²) in [5.74, 6) is 0.233. The zero-order chi connectivity index (χ0) is 30.2. The topological polar surface area (TPSA) is 97.3 Å². The van der Waals surface area contributed by atoms with Gasteiger partial charge in [0.25, 0.3) is 11.8 Å². The maximum Gasteiger partial charge on any atom is 0.264 e. The fourth-order valence-electron chi connectivity index (χ4n) is 6.58. The highest BCUT2D eigenvalue weighted by molar-refractivity contribution is 6.72. The number of halogens is 1. The Morgan fingerprint density at radius 3 is 2.40 bits per heavy atom. The lowest BCUT2D eigenvalue weighted by Gasteiger charge is -2.31. The number of carbonyl (C=O) groups excluding carboxylic acids is 2. The second kappa shape index (κ2) is 11.5. The Balaban J connectivity index is 1.47. The van der Waals surface area contributed by atoms with Gasteiger partial charge in [-0.2, -0.15) is 0 Å². The van der Waals surface area contributed by atoms with Gasteiger partial charge in [-0.15, -0.1) is 0 Å². The minimum absolute atomic E-state index is 0.160. The molecule has 10 heteroatoms. The van der Waals surface area contributed by atoms with Crippen LogP contribution in [0.3, 0.4) is 0 Å². The quantitative estimate of drug-likeness (QED) is 0.246. The maximum atomic E-state index is 15.7. The van der Waals surface area contributed by atoms with E-state index in [1.807, 2.05) is 31.2 Å². The second-order valence-corrected chi connectivity index (χ2v) is 15.2. The van der Waals surface area contributed by atoms with Crippen molar-refractivity contribution in [3.8, 4) is 11.5 Å². The molecule has 2 amide bonds. The number of nitrogens with one attached hydrogen (secondary N) is 1. The number of aliphatic hydroxyl groups is 1. The van der Waals surface area contributed by atoms with Gasteiger partial charge in [0.2, 0.25) is 8.41 Å². The highest BCUT2D eigenvalue weighted by atomic mass is 28.4. The van der Waals surface area contributed by atoms with Gasteiger partial charge >= 0.3 is 0 Å². The first-order valence-electron chi connectivity index (χ1n) is 14.1. The van der Waals surface area contributed by atoms with Gasteiger partial charge in [-0.3, -0.25) is 9.59 Å². The molecule has 222 valence electrons. The molecular formula is C32H37FN2O6Si. The number of amides is 2. The summed E-state index contributed by atoms with van der Waals surface area (Å²) in [6.45, 7) is 5.21. The van der Waals surface area contributed by atoms with Crippen LogP contribution in [0.15, 0.2) is 66.7 Å². The normalized spacial score (nSPS) is 23.3. The van der Waals surface area contributed by atoms with Crippen molar-refractivity contribution >= 4 is 31.6 Å². The molecule has 0 aromatic heterocycles. The van der Waals surface area contributed by atoms with Gasteiger partial charge in [-0.1, -0.05) is 19.1 Å². The first kappa shape index (κ1) is 29.7. The number of nitrogens with zero attached hydrogens (tertiary/aromatic N) is 1. The van der Waals surface area contributed by atoms with Gasteiger partial charge in [0.05, 0.1) is 32.6 Å². The van der Waals surface area contributed by atoms with E-state index in [0.29, 0.717) is 34.0 Å². The van der Waals surface area contributed by atoms with Crippen molar-refractivity contribution in [3.63, 3.8) is 0 Å². The van der Waals surface area contributed by atoms with Crippen molar-refractivity contribution < 1.29 is 33.0 Å². The molecule has 0 unspecified atom stereocenters. The van der Waals surface area contributed by atoms with Crippen LogP contribution in [0.1, 0.15) is 34.8 Å². The lowest BCUT2D eigenvalue weighted by atomic mass is 9.82. The number of methoxy groups -OCH3 is 2. The Kier molecular flexibility index (Phi) is 8.15. The van der Waals surface area contributed by atoms with E-state index in [9.17, 15) is 14.7 Å². The average molecular weight is 593 g/mol. The molecule has 1 saturated heterocycles. The van der Waals surface area contributed by atoms with Crippen LogP contribution in [0.4, 0.5) is 15.5 Å². The molecule has 2 N–H and O–H groups in total. The van der Waals surface area contributed by atoms with Gasteiger partial charge in [-0.25, -0.2) is 0 Å². The predicted octanol–water partition coefficient (Wildman–Crippen LogP) is 5.66. The van der Waals surface area contributed by atoms with Crippen molar-refractivity contribution in [2.45, 2.75) is 50.2 Å². The van der Waals surface area contributed by atoms with Crippen molar-refractivity contribution in [2.24, 2.45) is 5.92 Å². The van der Waals surface area contributed by atoms with Crippen LogP contribution in [0.5, 0.6) is 11.5 Å².